The Morgan fingerprint density at radius 2 is 1.43 bits per heavy atom. The molecule has 0 aliphatic carbocycles. The average Bonchev–Trinajstić information content (AvgIpc) is 3.06. The van der Waals surface area contributed by atoms with Crippen molar-refractivity contribution in [3.05, 3.63) is 71.8 Å². The fraction of sp³-hybridized carbons (Fsp3) is 0.412. The number of nitrogens with one attached hydrogen (secondary N) is 1. The summed E-state index contributed by atoms with van der Waals surface area (Å²) in [6.45, 7) is 7.08. The number of methoxy groups -OCH3 is 4. The van der Waals surface area contributed by atoms with Crippen LogP contribution in [0.3, 0.4) is 0 Å². The van der Waals surface area contributed by atoms with E-state index < -0.39 is 28.5 Å². The first kappa shape index (κ1) is 36.0. The fourth-order valence-corrected chi connectivity index (χ4v) is 6.29. The summed E-state index contributed by atoms with van der Waals surface area (Å²) in [5.74, 6) is 0.189. The zero-order valence-corrected chi connectivity index (χ0v) is 28.6. The number of carbonyl (C=O) groups is 2. The molecule has 0 spiro atoms. The minimum atomic E-state index is -4.44. The standard InChI is InChI=1S/C34H45N3O8S/c1-9-24(4)35-34(39)28(10-2)36(21-25-13-11-23(3)12-14-25)33(38)22-37(29-19-26(42-5)15-17-30(29)43-6)46(40,41)27-16-18-31(44-7)32(20-27)45-8/h11-20,24,28H,9-10,21-22H2,1-8H3,(H,35,39). The molecule has 0 aliphatic heterocycles. The molecule has 0 radical (unpaired) electrons. The summed E-state index contributed by atoms with van der Waals surface area (Å²) in [6, 6.07) is 15.5. The predicted octanol–water partition coefficient (Wildman–Crippen LogP) is 4.95. The van der Waals surface area contributed by atoms with Crippen molar-refractivity contribution in [1.82, 2.24) is 10.2 Å². The Balaban J connectivity index is 2.19. The molecule has 1 N–H and O–H groups in total. The van der Waals surface area contributed by atoms with E-state index in [-0.39, 0.29) is 40.6 Å². The summed E-state index contributed by atoms with van der Waals surface area (Å²) < 4.78 is 51.5. The van der Waals surface area contributed by atoms with Crippen LogP contribution in [-0.4, -0.2) is 72.2 Å². The molecule has 0 bridgehead atoms. The molecular weight excluding hydrogens is 610 g/mol. The summed E-state index contributed by atoms with van der Waals surface area (Å²) in [4.78, 5) is 29.3. The van der Waals surface area contributed by atoms with Crippen LogP contribution in [0.4, 0.5) is 5.69 Å². The molecule has 0 aromatic heterocycles. The molecule has 250 valence electrons. The molecular formula is C34H45N3O8S. The van der Waals surface area contributed by atoms with Gasteiger partial charge in [-0.15, -0.1) is 0 Å². The van der Waals surface area contributed by atoms with Crippen molar-refractivity contribution < 1.29 is 37.0 Å². The second-order valence-corrected chi connectivity index (χ2v) is 12.7. The van der Waals surface area contributed by atoms with Gasteiger partial charge in [-0.25, -0.2) is 8.42 Å². The van der Waals surface area contributed by atoms with Gasteiger partial charge in [0.15, 0.2) is 11.5 Å². The zero-order valence-electron chi connectivity index (χ0n) is 27.8. The summed E-state index contributed by atoms with van der Waals surface area (Å²) in [7, 11) is 1.27. The van der Waals surface area contributed by atoms with E-state index in [0.717, 1.165) is 15.4 Å². The van der Waals surface area contributed by atoms with Gasteiger partial charge in [-0.05, 0) is 56.5 Å². The highest BCUT2D eigenvalue weighted by molar-refractivity contribution is 7.92. The highest BCUT2D eigenvalue weighted by atomic mass is 32.2. The van der Waals surface area contributed by atoms with Gasteiger partial charge in [0.1, 0.15) is 24.1 Å². The first-order valence-electron chi connectivity index (χ1n) is 15.1. The summed E-state index contributed by atoms with van der Waals surface area (Å²) in [5.41, 5.74) is 1.92. The van der Waals surface area contributed by atoms with Crippen LogP contribution >= 0.6 is 0 Å². The van der Waals surface area contributed by atoms with Gasteiger partial charge in [0.25, 0.3) is 10.0 Å². The molecule has 0 saturated heterocycles. The van der Waals surface area contributed by atoms with E-state index in [4.69, 9.17) is 18.9 Å². The average molecular weight is 656 g/mol. The molecule has 0 heterocycles. The summed E-state index contributed by atoms with van der Waals surface area (Å²) in [6.07, 6.45) is 1.02. The normalized spacial score (nSPS) is 12.4. The molecule has 11 nitrogen and oxygen atoms in total. The number of amides is 2. The molecule has 2 atom stereocenters. The lowest BCUT2D eigenvalue weighted by atomic mass is 10.1. The number of sulfonamides is 1. The monoisotopic (exact) mass is 655 g/mol. The van der Waals surface area contributed by atoms with Gasteiger partial charge in [0, 0.05) is 24.7 Å². The van der Waals surface area contributed by atoms with Crippen LogP contribution in [0.5, 0.6) is 23.0 Å². The van der Waals surface area contributed by atoms with Crippen molar-refractivity contribution in [2.75, 3.05) is 39.3 Å². The van der Waals surface area contributed by atoms with E-state index in [1.807, 2.05) is 52.0 Å². The van der Waals surface area contributed by atoms with E-state index in [0.29, 0.717) is 24.3 Å². The second kappa shape index (κ2) is 16.2. The highest BCUT2D eigenvalue weighted by Gasteiger charge is 2.35. The lowest BCUT2D eigenvalue weighted by molar-refractivity contribution is -0.140. The number of rotatable bonds is 16. The van der Waals surface area contributed by atoms with Crippen molar-refractivity contribution in [2.24, 2.45) is 0 Å². The Hall–Kier alpha value is -4.45. The van der Waals surface area contributed by atoms with Gasteiger partial charge >= 0.3 is 0 Å². The highest BCUT2D eigenvalue weighted by Crippen LogP contribution is 2.38. The smallest absolute Gasteiger partial charge is 0.265 e. The molecule has 0 aliphatic rings. The largest absolute Gasteiger partial charge is 0.497 e. The van der Waals surface area contributed by atoms with Crippen molar-refractivity contribution in [2.45, 2.75) is 64.1 Å². The van der Waals surface area contributed by atoms with Gasteiger partial charge in [-0.1, -0.05) is 43.7 Å². The van der Waals surface area contributed by atoms with Gasteiger partial charge in [0.05, 0.1) is 39.0 Å². The molecule has 0 saturated carbocycles. The van der Waals surface area contributed by atoms with Crippen LogP contribution < -0.4 is 28.6 Å². The van der Waals surface area contributed by atoms with Crippen molar-refractivity contribution in [3.63, 3.8) is 0 Å². The minimum absolute atomic E-state index is 0.0809. The van der Waals surface area contributed by atoms with Crippen LogP contribution in [0.1, 0.15) is 44.7 Å². The van der Waals surface area contributed by atoms with Crippen LogP contribution in [0.2, 0.25) is 0 Å². The Bertz CT molecular complexity index is 1590. The molecule has 2 unspecified atom stereocenters. The van der Waals surface area contributed by atoms with E-state index in [9.17, 15) is 18.0 Å². The Morgan fingerprint density at radius 1 is 0.804 bits per heavy atom. The van der Waals surface area contributed by atoms with E-state index >= 15 is 0 Å². The number of hydrogen-bond acceptors (Lipinski definition) is 8. The maximum Gasteiger partial charge on any atom is 0.265 e. The first-order valence-corrected chi connectivity index (χ1v) is 16.5. The predicted molar refractivity (Wildman–Crippen MR) is 177 cm³/mol. The van der Waals surface area contributed by atoms with Crippen molar-refractivity contribution in [1.29, 1.82) is 0 Å². The second-order valence-electron chi connectivity index (χ2n) is 10.8. The number of nitrogens with zero attached hydrogens (tertiary/aromatic N) is 2. The Morgan fingerprint density at radius 3 is 2.00 bits per heavy atom. The lowest BCUT2D eigenvalue weighted by Crippen LogP contribution is -2.53. The Kier molecular flexibility index (Phi) is 12.7. The SMILES string of the molecule is CCC(C)NC(=O)C(CC)N(Cc1ccc(C)cc1)C(=O)CN(c1cc(OC)ccc1OC)S(=O)(=O)c1ccc(OC)c(OC)c1. The topological polar surface area (TPSA) is 124 Å². The molecule has 12 heteroatoms. The number of aryl methyl sites for hydroxylation is 1. The summed E-state index contributed by atoms with van der Waals surface area (Å²) >= 11 is 0. The van der Waals surface area contributed by atoms with Gasteiger partial charge in [-0.2, -0.15) is 0 Å². The van der Waals surface area contributed by atoms with E-state index in [1.165, 1.54) is 57.6 Å². The lowest BCUT2D eigenvalue weighted by Gasteiger charge is -2.34. The van der Waals surface area contributed by atoms with Gasteiger partial charge in [0.2, 0.25) is 11.8 Å². The number of ether oxygens (including phenoxy) is 4. The van der Waals surface area contributed by atoms with Gasteiger partial charge in [-0.3, -0.25) is 13.9 Å². The molecule has 3 aromatic rings. The maximum atomic E-state index is 14.5. The third-order valence-corrected chi connectivity index (χ3v) is 9.49. The summed E-state index contributed by atoms with van der Waals surface area (Å²) in [5, 5.41) is 2.98. The van der Waals surface area contributed by atoms with Crippen molar-refractivity contribution >= 4 is 27.5 Å². The number of hydrogen-bond donors (Lipinski definition) is 1. The number of anilines is 1. The van der Waals surface area contributed by atoms with Crippen LogP contribution in [0.25, 0.3) is 0 Å². The van der Waals surface area contributed by atoms with Crippen LogP contribution in [0, 0.1) is 6.92 Å². The van der Waals surface area contributed by atoms with E-state index in [2.05, 4.69) is 5.32 Å². The van der Waals surface area contributed by atoms with Crippen molar-refractivity contribution in [3.8, 4) is 23.0 Å². The molecule has 3 aromatic carbocycles. The molecule has 46 heavy (non-hydrogen) atoms. The number of benzene rings is 3. The Labute approximate surface area is 272 Å². The zero-order chi connectivity index (χ0) is 34.0. The fourth-order valence-electron chi connectivity index (χ4n) is 4.86. The third-order valence-electron chi connectivity index (χ3n) is 7.74. The van der Waals surface area contributed by atoms with Crippen LogP contribution in [0.15, 0.2) is 65.6 Å². The quantitative estimate of drug-likeness (QED) is 0.230. The maximum absolute atomic E-state index is 14.5. The van der Waals surface area contributed by atoms with Gasteiger partial charge < -0.3 is 29.2 Å². The molecule has 3 rings (SSSR count). The first-order chi connectivity index (χ1) is 21.9. The third kappa shape index (κ3) is 8.42. The van der Waals surface area contributed by atoms with Crippen LogP contribution in [-0.2, 0) is 26.2 Å². The minimum Gasteiger partial charge on any atom is -0.497 e. The number of carbonyl (C=O) groups excluding carboxylic acids is 2. The van der Waals surface area contributed by atoms with E-state index in [1.54, 1.807) is 12.1 Å². The molecule has 0 fully saturated rings. The molecule has 2 amide bonds.